The maximum absolute atomic E-state index is 13.4. The number of carbonyl (C=O) groups is 3. The third-order valence-electron chi connectivity index (χ3n) is 6.09. The van der Waals surface area contributed by atoms with Crippen molar-refractivity contribution < 1.29 is 22.8 Å². The Kier molecular flexibility index (Phi) is 9.61. The first kappa shape index (κ1) is 28.9. The summed E-state index contributed by atoms with van der Waals surface area (Å²) in [7, 11) is -3.96. The van der Waals surface area contributed by atoms with Crippen LogP contribution in [0.4, 0.5) is 0 Å². The van der Waals surface area contributed by atoms with Crippen LogP contribution in [0.2, 0.25) is 10.0 Å². The highest BCUT2D eigenvalue weighted by Crippen LogP contribution is 2.30. The number of benzene rings is 2. The molecular weight excluding hydrogens is 537 g/mol. The van der Waals surface area contributed by atoms with Gasteiger partial charge in [0.1, 0.15) is 10.9 Å². The number of nitrogens with zero attached hydrogens (tertiary/aromatic N) is 2. The van der Waals surface area contributed by atoms with Crippen LogP contribution in [0.5, 0.6) is 0 Å². The van der Waals surface area contributed by atoms with Gasteiger partial charge in [-0.15, -0.1) is 0 Å². The fraction of sp³-hybridized carbons (Fsp3) is 0.423. The van der Waals surface area contributed by atoms with E-state index < -0.39 is 22.0 Å². The lowest BCUT2D eigenvalue weighted by atomic mass is 10.1. The molecule has 0 radical (unpaired) electrons. The van der Waals surface area contributed by atoms with Gasteiger partial charge in [-0.05, 0) is 48.6 Å². The van der Waals surface area contributed by atoms with E-state index in [1.807, 2.05) is 20.8 Å². The van der Waals surface area contributed by atoms with Crippen molar-refractivity contribution in [3.8, 4) is 0 Å². The summed E-state index contributed by atoms with van der Waals surface area (Å²) in [5, 5.41) is 3.71. The monoisotopic (exact) mass is 567 g/mol. The molecule has 0 fully saturated rings. The first-order valence-electron chi connectivity index (χ1n) is 12.1. The van der Waals surface area contributed by atoms with Gasteiger partial charge in [-0.2, -0.15) is 0 Å². The van der Waals surface area contributed by atoms with Crippen LogP contribution in [-0.2, 0) is 26.2 Å². The Morgan fingerprint density at radius 3 is 2.43 bits per heavy atom. The lowest BCUT2D eigenvalue weighted by Gasteiger charge is -2.31. The molecule has 0 aliphatic carbocycles. The molecule has 0 unspecified atom stereocenters. The zero-order valence-corrected chi connectivity index (χ0v) is 23.4. The number of nitrogens with one attached hydrogen (secondary N) is 1. The Hall–Kier alpha value is -2.62. The molecule has 0 spiro atoms. The normalized spacial score (nSPS) is 15.0. The maximum atomic E-state index is 13.4. The van der Waals surface area contributed by atoms with Crippen LogP contribution in [0.15, 0.2) is 47.4 Å². The number of halogens is 2. The van der Waals surface area contributed by atoms with Gasteiger partial charge in [-0.1, -0.05) is 62.2 Å². The number of hydrogen-bond acceptors (Lipinski definition) is 5. The molecule has 0 saturated carbocycles. The van der Waals surface area contributed by atoms with Gasteiger partial charge in [-0.3, -0.25) is 14.4 Å². The standard InChI is InChI=1S/C26H31Cl2N3O5S/c1-4-22(25(33)29-15-17(2)3)30(16-18-11-12-19(27)14-21(18)28)24(32)10-7-13-31-26(34)20-8-5-6-9-23(20)37(31,35)36/h5-6,8-9,11-12,14,17,22H,4,7,10,13,15-16H2,1-3H3,(H,29,33)/t22-/m1/s1. The first-order valence-corrected chi connectivity index (χ1v) is 14.3. The van der Waals surface area contributed by atoms with Crippen molar-refractivity contribution in [2.75, 3.05) is 13.1 Å². The predicted molar refractivity (Wildman–Crippen MR) is 143 cm³/mol. The largest absolute Gasteiger partial charge is 0.354 e. The number of rotatable bonds is 11. The van der Waals surface area contributed by atoms with Crippen molar-refractivity contribution in [2.45, 2.75) is 57.5 Å². The van der Waals surface area contributed by atoms with Crippen LogP contribution >= 0.6 is 23.2 Å². The number of carbonyl (C=O) groups excluding carboxylic acids is 3. The van der Waals surface area contributed by atoms with E-state index in [0.717, 1.165) is 4.31 Å². The molecule has 3 rings (SSSR count). The molecule has 0 saturated heterocycles. The van der Waals surface area contributed by atoms with Crippen molar-refractivity contribution in [2.24, 2.45) is 5.92 Å². The molecule has 1 N–H and O–H groups in total. The molecule has 2 aromatic rings. The highest BCUT2D eigenvalue weighted by molar-refractivity contribution is 7.90. The van der Waals surface area contributed by atoms with E-state index >= 15 is 0 Å². The van der Waals surface area contributed by atoms with Crippen molar-refractivity contribution in [3.63, 3.8) is 0 Å². The van der Waals surface area contributed by atoms with Gasteiger partial charge in [0.25, 0.3) is 15.9 Å². The lowest BCUT2D eigenvalue weighted by molar-refractivity contribution is -0.141. The highest BCUT2D eigenvalue weighted by Gasteiger charge is 2.40. The van der Waals surface area contributed by atoms with E-state index in [-0.39, 0.29) is 54.1 Å². The average Bonchev–Trinajstić information content (AvgIpc) is 3.04. The minimum absolute atomic E-state index is 0.0294. The summed E-state index contributed by atoms with van der Waals surface area (Å²) in [6.45, 7) is 6.17. The zero-order chi connectivity index (χ0) is 27.3. The average molecular weight is 569 g/mol. The molecule has 1 heterocycles. The van der Waals surface area contributed by atoms with Crippen LogP contribution < -0.4 is 5.32 Å². The van der Waals surface area contributed by atoms with Crippen LogP contribution in [0.1, 0.15) is 56.0 Å². The lowest BCUT2D eigenvalue weighted by Crippen LogP contribution is -2.49. The Morgan fingerprint density at radius 1 is 1.11 bits per heavy atom. The summed E-state index contributed by atoms with van der Waals surface area (Å²) in [6, 6.07) is 10.2. The smallest absolute Gasteiger partial charge is 0.269 e. The number of fused-ring (bicyclic) bond motifs is 1. The fourth-order valence-electron chi connectivity index (χ4n) is 4.15. The summed E-state index contributed by atoms with van der Waals surface area (Å²) in [5.41, 5.74) is 0.753. The van der Waals surface area contributed by atoms with Gasteiger partial charge < -0.3 is 10.2 Å². The zero-order valence-electron chi connectivity index (χ0n) is 21.0. The Bertz CT molecular complexity index is 1280. The molecule has 0 aromatic heterocycles. The second kappa shape index (κ2) is 12.3. The topological polar surface area (TPSA) is 104 Å². The Balaban J connectivity index is 1.77. The van der Waals surface area contributed by atoms with Gasteiger partial charge in [0, 0.05) is 36.1 Å². The second-order valence-corrected chi connectivity index (χ2v) is 12.0. The molecule has 200 valence electrons. The minimum Gasteiger partial charge on any atom is -0.354 e. The molecule has 1 aliphatic heterocycles. The van der Waals surface area contributed by atoms with Gasteiger partial charge in [0.15, 0.2) is 0 Å². The molecule has 0 bridgehead atoms. The van der Waals surface area contributed by atoms with Crippen molar-refractivity contribution in [1.29, 1.82) is 0 Å². The molecule has 1 aliphatic rings. The van der Waals surface area contributed by atoms with Gasteiger partial charge in [-0.25, -0.2) is 12.7 Å². The van der Waals surface area contributed by atoms with E-state index in [0.29, 0.717) is 28.6 Å². The van der Waals surface area contributed by atoms with E-state index in [2.05, 4.69) is 5.32 Å². The van der Waals surface area contributed by atoms with E-state index in [1.54, 1.807) is 30.3 Å². The van der Waals surface area contributed by atoms with Crippen LogP contribution in [0, 0.1) is 5.92 Å². The summed E-state index contributed by atoms with van der Waals surface area (Å²) in [6.07, 6.45) is 0.413. The molecule has 37 heavy (non-hydrogen) atoms. The van der Waals surface area contributed by atoms with E-state index in [9.17, 15) is 22.8 Å². The van der Waals surface area contributed by atoms with Crippen molar-refractivity contribution in [3.05, 3.63) is 63.6 Å². The van der Waals surface area contributed by atoms with Gasteiger partial charge in [0.2, 0.25) is 11.8 Å². The summed E-state index contributed by atoms with van der Waals surface area (Å²) in [4.78, 5) is 40.5. The van der Waals surface area contributed by atoms with Crippen LogP contribution in [-0.4, -0.2) is 54.5 Å². The summed E-state index contributed by atoms with van der Waals surface area (Å²) < 4.78 is 26.4. The highest BCUT2D eigenvalue weighted by atomic mass is 35.5. The maximum Gasteiger partial charge on any atom is 0.269 e. The number of hydrogen-bond donors (Lipinski definition) is 1. The van der Waals surface area contributed by atoms with Crippen LogP contribution in [0.3, 0.4) is 0 Å². The van der Waals surface area contributed by atoms with Gasteiger partial charge in [0.05, 0.1) is 5.56 Å². The minimum atomic E-state index is -3.96. The van der Waals surface area contributed by atoms with Crippen LogP contribution in [0.25, 0.3) is 0 Å². The third-order valence-corrected chi connectivity index (χ3v) is 8.52. The predicted octanol–water partition coefficient (Wildman–Crippen LogP) is 4.50. The molecule has 1 atom stereocenters. The number of sulfonamides is 1. The molecule has 8 nitrogen and oxygen atoms in total. The fourth-order valence-corrected chi connectivity index (χ4v) is 6.22. The first-order chi connectivity index (χ1) is 17.5. The third kappa shape index (κ3) is 6.64. The van der Waals surface area contributed by atoms with E-state index in [1.165, 1.54) is 17.0 Å². The van der Waals surface area contributed by atoms with E-state index in [4.69, 9.17) is 23.2 Å². The summed E-state index contributed by atoms with van der Waals surface area (Å²) in [5.74, 6) is -0.991. The van der Waals surface area contributed by atoms with Gasteiger partial charge >= 0.3 is 0 Å². The molecular formula is C26H31Cl2N3O5S. The van der Waals surface area contributed by atoms with Crippen molar-refractivity contribution in [1.82, 2.24) is 14.5 Å². The molecule has 11 heteroatoms. The SMILES string of the molecule is CC[C@H](C(=O)NCC(C)C)N(Cc1ccc(Cl)cc1Cl)C(=O)CCCN1C(=O)c2ccccc2S1(=O)=O. The molecule has 3 amide bonds. The Morgan fingerprint density at radius 2 is 1.81 bits per heavy atom. The second-order valence-electron chi connectivity index (χ2n) is 9.30. The summed E-state index contributed by atoms with van der Waals surface area (Å²) >= 11 is 12.4. The van der Waals surface area contributed by atoms with Crippen molar-refractivity contribution >= 4 is 50.9 Å². The quantitative estimate of drug-likeness (QED) is 0.430. The number of amides is 3. The Labute approximate surface area is 228 Å². The molecule has 2 aromatic carbocycles.